The molecule has 1 N–H and O–H groups in total. The first kappa shape index (κ1) is 11.6. The van der Waals surface area contributed by atoms with Crippen LogP contribution >= 0.6 is 0 Å². The number of hydrogen-bond donors (Lipinski definition) is 1. The van der Waals surface area contributed by atoms with Crippen LogP contribution in [0, 0.1) is 0 Å². The number of nitrogens with zero attached hydrogens (tertiary/aromatic N) is 1. The van der Waals surface area contributed by atoms with Crippen molar-refractivity contribution in [3.05, 3.63) is 29.3 Å². The average Bonchev–Trinajstić information content (AvgIpc) is 2.61. The third-order valence-electron chi connectivity index (χ3n) is 2.78. The van der Waals surface area contributed by atoms with E-state index in [1.165, 1.54) is 17.0 Å². The van der Waals surface area contributed by atoms with Gasteiger partial charge in [-0.25, -0.2) is 4.79 Å². The van der Waals surface area contributed by atoms with Gasteiger partial charge in [0.1, 0.15) is 0 Å². The number of carbonyl (C=O) groups is 2. The third-order valence-corrected chi connectivity index (χ3v) is 2.78. The van der Waals surface area contributed by atoms with Gasteiger partial charge >= 0.3 is 5.97 Å². The molecule has 1 aromatic rings. The highest BCUT2D eigenvalue weighted by atomic mass is 19.1. The number of benzene rings is 1. The van der Waals surface area contributed by atoms with Crippen LogP contribution in [0.15, 0.2) is 18.2 Å². The number of carbonyl (C=O) groups excluding carboxylic acids is 1. The smallest absolute Gasteiger partial charge is 0.335 e. The molecular weight excluding hydrogens is 225 g/mol. The van der Waals surface area contributed by atoms with Crippen LogP contribution in [0.25, 0.3) is 0 Å². The van der Waals surface area contributed by atoms with E-state index in [9.17, 15) is 14.0 Å². The van der Waals surface area contributed by atoms with Gasteiger partial charge in [-0.05, 0) is 30.2 Å². The number of alkyl halides is 1. The number of halogens is 1. The molecular formula is C12H12FNO3. The van der Waals surface area contributed by atoms with E-state index in [0.29, 0.717) is 24.2 Å². The van der Waals surface area contributed by atoms with Crippen LogP contribution in [-0.4, -0.2) is 30.2 Å². The first-order valence-electron chi connectivity index (χ1n) is 5.36. The van der Waals surface area contributed by atoms with Gasteiger partial charge in [0.2, 0.25) is 5.91 Å². The molecule has 1 aromatic carbocycles. The Bertz CT molecular complexity index is 473. The van der Waals surface area contributed by atoms with Crippen molar-refractivity contribution in [3.8, 4) is 0 Å². The van der Waals surface area contributed by atoms with Crippen LogP contribution in [0.3, 0.4) is 0 Å². The second-order valence-electron chi connectivity index (χ2n) is 3.91. The summed E-state index contributed by atoms with van der Waals surface area (Å²) < 4.78 is 12.1. The van der Waals surface area contributed by atoms with E-state index in [0.717, 1.165) is 0 Å². The van der Waals surface area contributed by atoms with Crippen molar-refractivity contribution < 1.29 is 19.1 Å². The third kappa shape index (κ3) is 2.13. The Labute approximate surface area is 97.7 Å². The van der Waals surface area contributed by atoms with E-state index in [-0.39, 0.29) is 17.9 Å². The maximum atomic E-state index is 12.1. The van der Waals surface area contributed by atoms with Gasteiger partial charge in [0.05, 0.1) is 18.7 Å². The molecule has 0 atom stereocenters. The van der Waals surface area contributed by atoms with Crippen LogP contribution in [0.4, 0.5) is 10.1 Å². The Kier molecular flexibility index (Phi) is 3.08. The van der Waals surface area contributed by atoms with Crippen LogP contribution in [0.1, 0.15) is 22.3 Å². The van der Waals surface area contributed by atoms with Crippen molar-refractivity contribution in [1.82, 2.24) is 0 Å². The van der Waals surface area contributed by atoms with E-state index in [1.807, 2.05) is 0 Å². The van der Waals surface area contributed by atoms with E-state index < -0.39 is 12.6 Å². The number of anilines is 1. The van der Waals surface area contributed by atoms with E-state index in [1.54, 1.807) is 6.07 Å². The van der Waals surface area contributed by atoms with Crippen molar-refractivity contribution in [3.63, 3.8) is 0 Å². The molecule has 1 aliphatic rings. The molecule has 0 saturated heterocycles. The minimum absolute atomic E-state index is 0.101. The number of hydrogen-bond acceptors (Lipinski definition) is 2. The topological polar surface area (TPSA) is 57.6 Å². The molecule has 1 heterocycles. The lowest BCUT2D eigenvalue weighted by Crippen LogP contribution is -2.27. The summed E-state index contributed by atoms with van der Waals surface area (Å²) in [7, 11) is 0. The lowest BCUT2D eigenvalue weighted by molar-refractivity contribution is -0.117. The second kappa shape index (κ2) is 4.53. The van der Waals surface area contributed by atoms with Crippen molar-refractivity contribution >= 4 is 17.6 Å². The van der Waals surface area contributed by atoms with E-state index in [4.69, 9.17) is 5.11 Å². The van der Waals surface area contributed by atoms with Gasteiger partial charge in [0, 0.05) is 12.2 Å². The summed E-state index contributed by atoms with van der Waals surface area (Å²) in [5.41, 5.74) is 1.58. The molecule has 1 amide bonds. The van der Waals surface area contributed by atoms with Gasteiger partial charge in [-0.3, -0.25) is 9.18 Å². The molecule has 5 heteroatoms. The zero-order valence-electron chi connectivity index (χ0n) is 9.15. The van der Waals surface area contributed by atoms with Crippen LogP contribution < -0.4 is 4.90 Å². The van der Waals surface area contributed by atoms with E-state index in [2.05, 4.69) is 0 Å². The maximum Gasteiger partial charge on any atom is 0.335 e. The second-order valence-corrected chi connectivity index (χ2v) is 3.91. The van der Waals surface area contributed by atoms with Crippen LogP contribution in [-0.2, 0) is 11.2 Å². The van der Waals surface area contributed by atoms with Crippen molar-refractivity contribution in [1.29, 1.82) is 0 Å². The molecule has 0 aliphatic carbocycles. The monoisotopic (exact) mass is 237 g/mol. The summed E-state index contributed by atoms with van der Waals surface area (Å²) in [4.78, 5) is 24.0. The Morgan fingerprint density at radius 2 is 2.24 bits per heavy atom. The number of rotatable bonds is 4. The molecule has 0 saturated carbocycles. The predicted molar refractivity (Wildman–Crippen MR) is 60.1 cm³/mol. The summed E-state index contributed by atoms with van der Waals surface area (Å²) >= 11 is 0. The largest absolute Gasteiger partial charge is 0.478 e. The fraction of sp³-hybridized carbons (Fsp3) is 0.333. The number of amides is 1. The summed E-state index contributed by atoms with van der Waals surface area (Å²) in [6.45, 7) is -0.124. The number of aromatic carboxylic acids is 1. The van der Waals surface area contributed by atoms with Gasteiger partial charge in [-0.15, -0.1) is 0 Å². The van der Waals surface area contributed by atoms with Crippen LogP contribution in [0.2, 0.25) is 0 Å². The molecule has 0 spiro atoms. The molecule has 4 nitrogen and oxygen atoms in total. The van der Waals surface area contributed by atoms with Gasteiger partial charge in [0.15, 0.2) is 0 Å². The quantitative estimate of drug-likeness (QED) is 0.865. The highest BCUT2D eigenvalue weighted by Crippen LogP contribution is 2.29. The Morgan fingerprint density at radius 1 is 1.47 bits per heavy atom. The first-order chi connectivity index (χ1) is 8.13. The molecule has 2 rings (SSSR count). The fourth-order valence-corrected chi connectivity index (χ4v) is 1.98. The molecule has 0 radical (unpaired) electrons. The minimum atomic E-state index is -1.01. The maximum absolute atomic E-state index is 12.1. The Balaban J connectivity index is 2.28. The summed E-state index contributed by atoms with van der Waals surface area (Å²) in [5, 5.41) is 8.84. The van der Waals surface area contributed by atoms with Crippen LogP contribution in [0.5, 0.6) is 0 Å². The molecule has 17 heavy (non-hydrogen) atoms. The molecule has 0 unspecified atom stereocenters. The number of fused-ring (bicyclic) bond motifs is 1. The number of carboxylic acids is 1. The van der Waals surface area contributed by atoms with Gasteiger partial charge in [-0.1, -0.05) is 0 Å². The van der Waals surface area contributed by atoms with Gasteiger partial charge < -0.3 is 10.0 Å². The number of carboxylic acid groups (broad SMARTS) is 1. The fourth-order valence-electron chi connectivity index (χ4n) is 1.98. The van der Waals surface area contributed by atoms with Crippen molar-refractivity contribution in [2.45, 2.75) is 12.8 Å². The lowest BCUT2D eigenvalue weighted by atomic mass is 10.1. The van der Waals surface area contributed by atoms with Crippen molar-refractivity contribution in [2.24, 2.45) is 0 Å². The van der Waals surface area contributed by atoms with E-state index >= 15 is 0 Å². The Hall–Kier alpha value is -1.91. The molecule has 1 aliphatic heterocycles. The first-order valence-corrected chi connectivity index (χ1v) is 5.36. The highest BCUT2D eigenvalue weighted by molar-refractivity contribution is 6.02. The Morgan fingerprint density at radius 3 is 2.88 bits per heavy atom. The highest BCUT2D eigenvalue weighted by Gasteiger charge is 2.27. The predicted octanol–water partition coefficient (Wildman–Crippen LogP) is 1.63. The minimum Gasteiger partial charge on any atom is -0.478 e. The molecule has 0 bridgehead atoms. The van der Waals surface area contributed by atoms with Gasteiger partial charge in [-0.2, -0.15) is 0 Å². The average molecular weight is 237 g/mol. The normalized spacial score (nSPS) is 13.9. The zero-order valence-corrected chi connectivity index (χ0v) is 9.15. The zero-order chi connectivity index (χ0) is 12.4. The molecule has 90 valence electrons. The molecule has 0 fully saturated rings. The standard InChI is InChI=1S/C12H12FNO3/c13-4-1-5-14-10-3-2-8(12(16)17)6-9(10)7-11(14)15/h2-3,6H,1,4-5,7H2,(H,16,17). The van der Waals surface area contributed by atoms with Gasteiger partial charge in [0.25, 0.3) is 0 Å². The lowest BCUT2D eigenvalue weighted by Gasteiger charge is -2.16. The molecule has 0 aromatic heterocycles. The summed E-state index contributed by atoms with van der Waals surface area (Å²) in [5.74, 6) is -1.11. The SMILES string of the molecule is O=C(O)c1ccc2c(c1)CC(=O)N2CCCF. The summed E-state index contributed by atoms with van der Waals surface area (Å²) in [6.07, 6.45) is 0.495. The van der Waals surface area contributed by atoms with Crippen molar-refractivity contribution in [2.75, 3.05) is 18.1 Å². The summed E-state index contributed by atoms with van der Waals surface area (Å²) in [6, 6.07) is 4.58.